The van der Waals surface area contributed by atoms with Gasteiger partial charge in [0.25, 0.3) is 5.91 Å². The number of rotatable bonds is 9. The van der Waals surface area contributed by atoms with Gasteiger partial charge in [0, 0.05) is 32.3 Å². The van der Waals surface area contributed by atoms with E-state index in [0.717, 1.165) is 38.3 Å². The van der Waals surface area contributed by atoms with Crippen molar-refractivity contribution in [3.05, 3.63) is 24.3 Å². The van der Waals surface area contributed by atoms with Crippen molar-refractivity contribution in [1.82, 2.24) is 9.80 Å². The lowest BCUT2D eigenvalue weighted by Gasteiger charge is -2.35. The first-order valence-corrected chi connectivity index (χ1v) is 8.97. The van der Waals surface area contributed by atoms with E-state index < -0.39 is 0 Å². The van der Waals surface area contributed by atoms with Gasteiger partial charge in [0.05, 0.1) is 6.61 Å². The van der Waals surface area contributed by atoms with Crippen LogP contribution in [-0.4, -0.2) is 75.4 Å². The summed E-state index contributed by atoms with van der Waals surface area (Å²) in [6, 6.07) is 7.61. The van der Waals surface area contributed by atoms with Gasteiger partial charge in [-0.2, -0.15) is 0 Å². The van der Waals surface area contributed by atoms with Crippen LogP contribution in [0.3, 0.4) is 0 Å². The number of ether oxygens (including phenoxy) is 3. The molecule has 1 aliphatic rings. The Morgan fingerprint density at radius 3 is 2.24 bits per heavy atom. The van der Waals surface area contributed by atoms with Crippen LogP contribution in [0.15, 0.2) is 24.3 Å². The number of hydrogen-bond acceptors (Lipinski definition) is 5. The molecule has 6 heteroatoms. The Morgan fingerprint density at radius 2 is 1.68 bits per heavy atom. The summed E-state index contributed by atoms with van der Waals surface area (Å²) < 4.78 is 16.5. The monoisotopic (exact) mass is 350 g/mol. The van der Waals surface area contributed by atoms with Gasteiger partial charge in [-0.25, -0.2) is 0 Å². The van der Waals surface area contributed by atoms with E-state index in [0.29, 0.717) is 18.9 Å². The highest BCUT2D eigenvalue weighted by atomic mass is 16.5. The molecule has 6 nitrogen and oxygen atoms in total. The fourth-order valence-corrected chi connectivity index (χ4v) is 2.84. The van der Waals surface area contributed by atoms with E-state index >= 15 is 0 Å². The average Bonchev–Trinajstić information content (AvgIpc) is 2.62. The zero-order chi connectivity index (χ0) is 18.1. The van der Waals surface area contributed by atoms with Gasteiger partial charge in [-0.3, -0.25) is 4.79 Å². The third kappa shape index (κ3) is 6.55. The highest BCUT2D eigenvalue weighted by molar-refractivity contribution is 5.78. The first kappa shape index (κ1) is 19.5. The Bertz CT molecular complexity index is 513. The zero-order valence-corrected chi connectivity index (χ0v) is 15.6. The number of nitrogens with zero attached hydrogens (tertiary/aromatic N) is 2. The molecule has 1 heterocycles. The van der Waals surface area contributed by atoms with Crippen LogP contribution in [0.4, 0.5) is 0 Å². The predicted molar refractivity (Wildman–Crippen MR) is 97.2 cm³/mol. The average molecular weight is 350 g/mol. The summed E-state index contributed by atoms with van der Waals surface area (Å²) >= 11 is 0. The Kier molecular flexibility index (Phi) is 8.01. The summed E-state index contributed by atoms with van der Waals surface area (Å²) in [7, 11) is 4.03. The summed E-state index contributed by atoms with van der Waals surface area (Å²) in [6.45, 7) is 5.62. The molecule has 1 fully saturated rings. The molecule has 1 aliphatic heterocycles. The molecule has 25 heavy (non-hydrogen) atoms. The highest BCUT2D eigenvalue weighted by Crippen LogP contribution is 2.19. The number of amides is 1. The molecule has 1 saturated heterocycles. The van der Waals surface area contributed by atoms with E-state index in [-0.39, 0.29) is 18.6 Å². The molecule has 0 radical (unpaired) electrons. The molecule has 0 aromatic heterocycles. The van der Waals surface area contributed by atoms with Crippen LogP contribution in [0.1, 0.15) is 19.8 Å². The van der Waals surface area contributed by atoms with Crippen LogP contribution in [0.5, 0.6) is 11.5 Å². The van der Waals surface area contributed by atoms with Crippen molar-refractivity contribution in [2.24, 2.45) is 0 Å². The quantitative estimate of drug-likeness (QED) is 0.682. The number of benzene rings is 1. The normalized spacial score (nSPS) is 15.2. The van der Waals surface area contributed by atoms with Gasteiger partial charge >= 0.3 is 0 Å². The molecule has 1 aromatic rings. The van der Waals surface area contributed by atoms with Gasteiger partial charge in [0.1, 0.15) is 11.5 Å². The van der Waals surface area contributed by atoms with Gasteiger partial charge in [-0.05, 0) is 58.1 Å². The number of carbonyl (C=O) groups is 1. The smallest absolute Gasteiger partial charge is 0.260 e. The van der Waals surface area contributed by atoms with Crippen LogP contribution in [0.2, 0.25) is 0 Å². The molecule has 0 N–H and O–H groups in total. The SMILES string of the molecule is CCOc1ccc(OCC(=O)N(CCN(C)C)C2CCOCC2)cc1. The molecule has 0 atom stereocenters. The molecule has 2 rings (SSSR count). The first-order chi connectivity index (χ1) is 12.1. The van der Waals surface area contributed by atoms with E-state index in [9.17, 15) is 4.79 Å². The topological polar surface area (TPSA) is 51.2 Å². The van der Waals surface area contributed by atoms with Crippen molar-refractivity contribution in [3.8, 4) is 11.5 Å². The fourth-order valence-electron chi connectivity index (χ4n) is 2.84. The van der Waals surface area contributed by atoms with Crippen molar-refractivity contribution in [3.63, 3.8) is 0 Å². The lowest BCUT2D eigenvalue weighted by Crippen LogP contribution is -2.48. The summed E-state index contributed by atoms with van der Waals surface area (Å²) in [5.74, 6) is 1.51. The van der Waals surface area contributed by atoms with E-state index in [1.165, 1.54) is 0 Å². The molecule has 0 bridgehead atoms. The second kappa shape index (κ2) is 10.3. The minimum atomic E-state index is 0.0302. The second-order valence-electron chi connectivity index (χ2n) is 6.43. The van der Waals surface area contributed by atoms with Gasteiger partial charge in [0.2, 0.25) is 0 Å². The van der Waals surface area contributed by atoms with Crippen LogP contribution in [0.25, 0.3) is 0 Å². The summed E-state index contributed by atoms with van der Waals surface area (Å²) in [4.78, 5) is 16.8. The molecule has 1 amide bonds. The first-order valence-electron chi connectivity index (χ1n) is 8.97. The van der Waals surface area contributed by atoms with Crippen molar-refractivity contribution in [2.45, 2.75) is 25.8 Å². The summed E-state index contributed by atoms with van der Waals surface area (Å²) in [5.41, 5.74) is 0. The lowest BCUT2D eigenvalue weighted by atomic mass is 10.1. The van der Waals surface area contributed by atoms with E-state index in [2.05, 4.69) is 4.90 Å². The van der Waals surface area contributed by atoms with Crippen LogP contribution in [-0.2, 0) is 9.53 Å². The zero-order valence-electron chi connectivity index (χ0n) is 15.6. The lowest BCUT2D eigenvalue weighted by molar-refractivity contribution is -0.137. The molecular weight excluding hydrogens is 320 g/mol. The van der Waals surface area contributed by atoms with Crippen molar-refractivity contribution in [2.75, 3.05) is 53.6 Å². The maximum atomic E-state index is 12.7. The van der Waals surface area contributed by atoms with Gasteiger partial charge in [-0.1, -0.05) is 0 Å². The molecule has 0 aliphatic carbocycles. The van der Waals surface area contributed by atoms with Gasteiger partial charge in [-0.15, -0.1) is 0 Å². The molecule has 0 unspecified atom stereocenters. The van der Waals surface area contributed by atoms with Crippen LogP contribution in [0, 0.1) is 0 Å². The molecule has 0 spiro atoms. The third-order valence-corrected chi connectivity index (χ3v) is 4.24. The minimum absolute atomic E-state index is 0.0302. The van der Waals surface area contributed by atoms with Crippen molar-refractivity contribution in [1.29, 1.82) is 0 Å². The Balaban J connectivity index is 1.90. The molecular formula is C19H30N2O4. The maximum absolute atomic E-state index is 12.7. The molecule has 1 aromatic carbocycles. The van der Waals surface area contributed by atoms with E-state index in [1.54, 1.807) is 0 Å². The standard InChI is InChI=1S/C19H30N2O4/c1-4-24-17-5-7-18(8-6-17)25-15-19(22)21(12-11-20(2)3)16-9-13-23-14-10-16/h5-8,16H,4,9-15H2,1-3H3. The van der Waals surface area contributed by atoms with Crippen LogP contribution >= 0.6 is 0 Å². The highest BCUT2D eigenvalue weighted by Gasteiger charge is 2.25. The third-order valence-electron chi connectivity index (χ3n) is 4.24. The summed E-state index contributed by atoms with van der Waals surface area (Å²) in [5, 5.41) is 0. The maximum Gasteiger partial charge on any atom is 0.260 e. The number of likely N-dealkylation sites (N-methyl/N-ethyl adjacent to an activating group) is 1. The summed E-state index contributed by atoms with van der Waals surface area (Å²) in [6.07, 6.45) is 1.78. The number of carbonyl (C=O) groups excluding carboxylic acids is 1. The Labute approximate surface area is 150 Å². The van der Waals surface area contributed by atoms with Gasteiger partial charge in [0.15, 0.2) is 6.61 Å². The Morgan fingerprint density at radius 1 is 1.08 bits per heavy atom. The van der Waals surface area contributed by atoms with Crippen LogP contribution < -0.4 is 9.47 Å². The van der Waals surface area contributed by atoms with Gasteiger partial charge < -0.3 is 24.0 Å². The van der Waals surface area contributed by atoms with Crippen molar-refractivity contribution < 1.29 is 19.0 Å². The largest absolute Gasteiger partial charge is 0.494 e. The Hall–Kier alpha value is -1.79. The second-order valence-corrected chi connectivity index (χ2v) is 6.43. The van der Waals surface area contributed by atoms with E-state index in [4.69, 9.17) is 14.2 Å². The molecule has 0 saturated carbocycles. The number of hydrogen-bond donors (Lipinski definition) is 0. The molecule has 140 valence electrons. The fraction of sp³-hybridized carbons (Fsp3) is 0.632. The minimum Gasteiger partial charge on any atom is -0.494 e. The van der Waals surface area contributed by atoms with E-state index in [1.807, 2.05) is 50.2 Å². The van der Waals surface area contributed by atoms with Crippen molar-refractivity contribution >= 4 is 5.91 Å². The predicted octanol–water partition coefficient (Wildman–Crippen LogP) is 2.03.